The van der Waals surface area contributed by atoms with Gasteiger partial charge in [-0.15, -0.1) is 13.2 Å². The Balaban J connectivity index is 2.68. The maximum absolute atomic E-state index is 12.0. The first kappa shape index (κ1) is 14.1. The third kappa shape index (κ3) is 5.42. The number of hydrogen-bond donors (Lipinski definition) is 2. The fourth-order valence-corrected chi connectivity index (χ4v) is 1.20. The molecule has 0 aliphatic heterocycles. The maximum Gasteiger partial charge on any atom is 0.573 e. The fourth-order valence-electron chi connectivity index (χ4n) is 1.20. The number of halogens is 3. The first-order chi connectivity index (χ1) is 8.26. The number of carbonyl (C=O) groups excluding carboxylic acids is 1. The van der Waals surface area contributed by atoms with Gasteiger partial charge in [0.05, 0.1) is 0 Å². The van der Waals surface area contributed by atoms with Gasteiger partial charge in [0.25, 0.3) is 0 Å². The van der Waals surface area contributed by atoms with Crippen molar-refractivity contribution in [2.24, 2.45) is 0 Å². The number of alkyl halides is 3. The number of ether oxygens (including phenoxy) is 1. The first-order valence-corrected chi connectivity index (χ1v) is 5.19. The van der Waals surface area contributed by atoms with E-state index in [0.717, 1.165) is 12.1 Å². The highest BCUT2D eigenvalue weighted by molar-refractivity contribution is 5.89. The van der Waals surface area contributed by atoms with Crippen LogP contribution in [0.25, 0.3) is 0 Å². The molecule has 0 bridgehead atoms. The normalized spacial score (nSPS) is 11.2. The number of urea groups is 1. The third-order valence-electron chi connectivity index (χ3n) is 1.75. The Bertz CT molecular complexity index is 419. The van der Waals surface area contributed by atoms with E-state index >= 15 is 0 Å². The Morgan fingerprint density at radius 3 is 2.56 bits per heavy atom. The molecule has 1 aromatic rings. The average molecular weight is 262 g/mol. The Kier molecular flexibility index (Phi) is 4.41. The molecule has 0 radical (unpaired) electrons. The highest BCUT2D eigenvalue weighted by Gasteiger charge is 2.31. The molecule has 7 heteroatoms. The quantitative estimate of drug-likeness (QED) is 0.879. The predicted octanol–water partition coefficient (Wildman–Crippen LogP) is 3.12. The van der Waals surface area contributed by atoms with Crippen LogP contribution in [0, 0.1) is 0 Å². The van der Waals surface area contributed by atoms with Gasteiger partial charge in [-0.1, -0.05) is 6.07 Å². The van der Waals surface area contributed by atoms with Crippen molar-refractivity contribution in [3.05, 3.63) is 24.3 Å². The zero-order valence-corrected chi connectivity index (χ0v) is 9.84. The molecule has 0 aliphatic carbocycles. The lowest BCUT2D eigenvalue weighted by Gasteiger charge is -2.12. The van der Waals surface area contributed by atoms with Gasteiger partial charge in [-0.05, 0) is 26.0 Å². The molecule has 0 spiro atoms. The van der Waals surface area contributed by atoms with Crippen molar-refractivity contribution in [1.29, 1.82) is 0 Å². The van der Waals surface area contributed by atoms with Crippen molar-refractivity contribution in [2.75, 3.05) is 5.32 Å². The summed E-state index contributed by atoms with van der Waals surface area (Å²) in [4.78, 5) is 11.3. The Labute approximate surface area is 102 Å². The summed E-state index contributed by atoms with van der Waals surface area (Å²) >= 11 is 0. The van der Waals surface area contributed by atoms with Gasteiger partial charge < -0.3 is 15.4 Å². The van der Waals surface area contributed by atoms with Crippen LogP contribution in [0.1, 0.15) is 13.8 Å². The van der Waals surface area contributed by atoms with Crippen LogP contribution in [0.3, 0.4) is 0 Å². The summed E-state index contributed by atoms with van der Waals surface area (Å²) in [7, 11) is 0. The number of hydrogen-bond acceptors (Lipinski definition) is 2. The van der Waals surface area contributed by atoms with E-state index in [1.807, 2.05) is 0 Å². The van der Waals surface area contributed by atoms with Gasteiger partial charge in [-0.3, -0.25) is 0 Å². The van der Waals surface area contributed by atoms with Crippen LogP contribution in [0.15, 0.2) is 24.3 Å². The number of amides is 2. The van der Waals surface area contributed by atoms with Gasteiger partial charge >= 0.3 is 12.4 Å². The standard InChI is InChI=1S/C11H13F3N2O2/c1-7(2)15-10(17)16-8-4-3-5-9(6-8)18-11(12,13)14/h3-7H,1-2H3,(H2,15,16,17). The van der Waals surface area contributed by atoms with E-state index in [-0.39, 0.29) is 17.5 Å². The summed E-state index contributed by atoms with van der Waals surface area (Å²) in [5.74, 6) is -0.384. The summed E-state index contributed by atoms with van der Waals surface area (Å²) in [6, 6.07) is 4.50. The molecular formula is C11H13F3N2O2. The second kappa shape index (κ2) is 5.61. The van der Waals surface area contributed by atoms with Crippen LogP contribution in [0.2, 0.25) is 0 Å². The highest BCUT2D eigenvalue weighted by atomic mass is 19.4. The van der Waals surface area contributed by atoms with E-state index in [4.69, 9.17) is 0 Å². The molecule has 1 aromatic carbocycles. The zero-order chi connectivity index (χ0) is 13.8. The lowest BCUT2D eigenvalue weighted by Crippen LogP contribution is -2.34. The predicted molar refractivity (Wildman–Crippen MR) is 60.4 cm³/mol. The van der Waals surface area contributed by atoms with E-state index in [1.54, 1.807) is 13.8 Å². The second-order valence-corrected chi connectivity index (χ2v) is 3.83. The molecule has 0 fully saturated rings. The van der Waals surface area contributed by atoms with Gasteiger partial charge in [0.1, 0.15) is 5.75 Å². The summed E-state index contributed by atoms with van der Waals surface area (Å²) in [5.41, 5.74) is 0.218. The number of anilines is 1. The number of nitrogens with one attached hydrogen (secondary N) is 2. The van der Waals surface area contributed by atoms with E-state index in [9.17, 15) is 18.0 Å². The van der Waals surface area contributed by atoms with E-state index < -0.39 is 12.4 Å². The minimum absolute atomic E-state index is 0.0698. The molecule has 0 aliphatic rings. The molecule has 0 saturated carbocycles. The zero-order valence-electron chi connectivity index (χ0n) is 9.84. The van der Waals surface area contributed by atoms with Crippen LogP contribution >= 0.6 is 0 Å². The lowest BCUT2D eigenvalue weighted by atomic mass is 10.3. The average Bonchev–Trinajstić information content (AvgIpc) is 2.13. The third-order valence-corrected chi connectivity index (χ3v) is 1.75. The summed E-state index contributed by atoms with van der Waals surface area (Å²) in [6.07, 6.45) is -4.75. The van der Waals surface area contributed by atoms with Crippen molar-refractivity contribution in [3.63, 3.8) is 0 Å². The highest BCUT2D eigenvalue weighted by Crippen LogP contribution is 2.24. The van der Waals surface area contributed by atoms with Crippen LogP contribution < -0.4 is 15.4 Å². The van der Waals surface area contributed by atoms with E-state index in [2.05, 4.69) is 15.4 Å². The lowest BCUT2D eigenvalue weighted by molar-refractivity contribution is -0.274. The Morgan fingerprint density at radius 1 is 1.33 bits per heavy atom. The van der Waals surface area contributed by atoms with Crippen molar-refractivity contribution in [1.82, 2.24) is 5.32 Å². The Hall–Kier alpha value is -1.92. The molecule has 0 aromatic heterocycles. The van der Waals surface area contributed by atoms with E-state index in [1.165, 1.54) is 12.1 Å². The molecular weight excluding hydrogens is 249 g/mol. The minimum Gasteiger partial charge on any atom is -0.406 e. The van der Waals surface area contributed by atoms with Crippen LogP contribution in [0.5, 0.6) is 5.75 Å². The molecule has 0 unspecified atom stereocenters. The van der Waals surface area contributed by atoms with Gasteiger partial charge in [0, 0.05) is 17.8 Å². The van der Waals surface area contributed by atoms with Crippen LogP contribution in [-0.2, 0) is 0 Å². The minimum atomic E-state index is -4.75. The monoisotopic (exact) mass is 262 g/mol. The molecule has 0 atom stereocenters. The van der Waals surface area contributed by atoms with Gasteiger partial charge in [0.2, 0.25) is 0 Å². The topological polar surface area (TPSA) is 50.4 Å². The number of rotatable bonds is 3. The molecule has 2 N–H and O–H groups in total. The maximum atomic E-state index is 12.0. The van der Waals surface area contributed by atoms with Gasteiger partial charge in [0.15, 0.2) is 0 Å². The molecule has 4 nitrogen and oxygen atoms in total. The van der Waals surface area contributed by atoms with Crippen molar-refractivity contribution >= 4 is 11.7 Å². The van der Waals surface area contributed by atoms with Gasteiger partial charge in [-0.2, -0.15) is 0 Å². The SMILES string of the molecule is CC(C)NC(=O)Nc1cccc(OC(F)(F)F)c1. The van der Waals surface area contributed by atoms with Crippen molar-refractivity contribution < 1.29 is 22.7 Å². The number of carbonyl (C=O) groups is 1. The van der Waals surface area contributed by atoms with E-state index in [0.29, 0.717) is 0 Å². The second-order valence-electron chi connectivity index (χ2n) is 3.83. The molecule has 0 saturated heterocycles. The fraction of sp³-hybridized carbons (Fsp3) is 0.364. The Morgan fingerprint density at radius 2 is 2.00 bits per heavy atom. The van der Waals surface area contributed by atoms with Crippen molar-refractivity contribution in [3.8, 4) is 5.75 Å². The largest absolute Gasteiger partial charge is 0.573 e. The molecule has 2 amide bonds. The van der Waals surface area contributed by atoms with Crippen LogP contribution in [0.4, 0.5) is 23.7 Å². The van der Waals surface area contributed by atoms with Crippen LogP contribution in [-0.4, -0.2) is 18.4 Å². The van der Waals surface area contributed by atoms with Gasteiger partial charge in [-0.25, -0.2) is 4.79 Å². The summed E-state index contributed by atoms with van der Waals surface area (Å²) in [5, 5.41) is 4.95. The summed E-state index contributed by atoms with van der Waals surface area (Å²) in [6.45, 7) is 3.53. The first-order valence-electron chi connectivity index (χ1n) is 5.19. The molecule has 100 valence electrons. The molecule has 0 heterocycles. The smallest absolute Gasteiger partial charge is 0.406 e. The van der Waals surface area contributed by atoms with Crippen molar-refractivity contribution in [2.45, 2.75) is 26.3 Å². The number of benzene rings is 1. The summed E-state index contributed by atoms with van der Waals surface area (Å²) < 4.78 is 39.7. The molecule has 18 heavy (non-hydrogen) atoms. The molecule has 1 rings (SSSR count).